The van der Waals surface area contributed by atoms with E-state index in [1.165, 1.54) is 6.07 Å². The Hall–Kier alpha value is -2.29. The van der Waals surface area contributed by atoms with Gasteiger partial charge in [-0.05, 0) is 19.1 Å². The van der Waals surface area contributed by atoms with Gasteiger partial charge in [-0.15, -0.1) is 0 Å². The van der Waals surface area contributed by atoms with Gasteiger partial charge in [-0.3, -0.25) is 4.79 Å². The number of hydrogen-bond donors (Lipinski definition) is 0. The highest BCUT2D eigenvalue weighted by atomic mass is 19.2. The summed E-state index contributed by atoms with van der Waals surface area (Å²) in [6.45, 7) is 1.62. The van der Waals surface area contributed by atoms with Crippen LogP contribution in [0.3, 0.4) is 0 Å². The first kappa shape index (κ1) is 12.2. The molecule has 0 N–H and O–H groups in total. The van der Waals surface area contributed by atoms with Gasteiger partial charge in [0.1, 0.15) is 0 Å². The number of halogens is 2. The summed E-state index contributed by atoms with van der Waals surface area (Å²) in [5.74, 6) is -3.04. The van der Waals surface area contributed by atoms with Crippen LogP contribution in [0.25, 0.3) is 0 Å². The molecule has 18 heavy (non-hydrogen) atoms. The maximum Gasteiger partial charge on any atom is 0.257 e. The zero-order chi connectivity index (χ0) is 13.3. The maximum atomic E-state index is 13.1. The van der Waals surface area contributed by atoms with Gasteiger partial charge in [0.25, 0.3) is 5.91 Å². The molecule has 0 bridgehead atoms. The van der Waals surface area contributed by atoms with E-state index in [1.54, 1.807) is 6.92 Å². The van der Waals surface area contributed by atoms with Crippen LogP contribution in [0, 0.1) is 28.9 Å². The van der Waals surface area contributed by atoms with Crippen molar-refractivity contribution in [3.05, 3.63) is 29.8 Å². The summed E-state index contributed by atoms with van der Waals surface area (Å²) in [6, 6.07) is 5.00. The fourth-order valence-electron chi connectivity index (χ4n) is 1.73. The van der Waals surface area contributed by atoms with Gasteiger partial charge in [-0.1, -0.05) is 0 Å². The molecule has 0 saturated carbocycles. The van der Waals surface area contributed by atoms with Crippen LogP contribution in [0.1, 0.15) is 13.3 Å². The van der Waals surface area contributed by atoms with Crippen molar-refractivity contribution in [3.63, 3.8) is 0 Å². The van der Waals surface area contributed by atoms with E-state index >= 15 is 0 Å². The van der Waals surface area contributed by atoms with Crippen LogP contribution in [0.5, 0.6) is 0 Å². The molecule has 92 valence electrons. The smallest absolute Gasteiger partial charge is 0.257 e. The molecule has 0 aliphatic carbocycles. The van der Waals surface area contributed by atoms with Crippen molar-refractivity contribution in [2.24, 2.45) is 11.0 Å². The lowest BCUT2D eigenvalue weighted by atomic mass is 10.0. The molecule has 0 spiro atoms. The van der Waals surface area contributed by atoms with Gasteiger partial charge in [-0.2, -0.15) is 10.4 Å². The number of benzene rings is 1. The molecule has 1 aromatic rings. The second-order valence-corrected chi connectivity index (χ2v) is 3.90. The molecule has 1 aliphatic rings. The summed E-state index contributed by atoms with van der Waals surface area (Å²) in [7, 11) is 0. The van der Waals surface area contributed by atoms with Crippen molar-refractivity contribution in [3.8, 4) is 6.07 Å². The van der Waals surface area contributed by atoms with Crippen LogP contribution < -0.4 is 5.01 Å². The Morgan fingerprint density at radius 1 is 1.44 bits per heavy atom. The average Bonchev–Trinajstić information content (AvgIpc) is 2.61. The van der Waals surface area contributed by atoms with Gasteiger partial charge >= 0.3 is 0 Å². The predicted octanol–water partition coefficient (Wildman–Crippen LogP) is 2.22. The summed E-state index contributed by atoms with van der Waals surface area (Å²) in [5.41, 5.74) is 0.643. The van der Waals surface area contributed by atoms with Crippen LogP contribution in [0.4, 0.5) is 14.5 Å². The van der Waals surface area contributed by atoms with E-state index in [1.807, 2.05) is 6.07 Å². The number of anilines is 1. The maximum absolute atomic E-state index is 13.1. The summed E-state index contributed by atoms with van der Waals surface area (Å²) in [6.07, 6.45) is 0.0222. The summed E-state index contributed by atoms with van der Waals surface area (Å²) < 4.78 is 25.9. The van der Waals surface area contributed by atoms with Gasteiger partial charge in [0, 0.05) is 11.8 Å². The number of carbonyl (C=O) groups is 1. The number of amides is 1. The molecule has 0 aromatic heterocycles. The molecule has 2 rings (SSSR count). The number of nitriles is 1. The average molecular weight is 249 g/mol. The van der Waals surface area contributed by atoms with Crippen LogP contribution in [0.15, 0.2) is 23.3 Å². The molecule has 1 atom stereocenters. The summed E-state index contributed by atoms with van der Waals surface area (Å²) in [5, 5.41) is 13.6. The second kappa shape index (κ2) is 4.53. The Morgan fingerprint density at radius 2 is 2.17 bits per heavy atom. The first-order chi connectivity index (χ1) is 8.54. The standard InChI is InChI=1S/C12H9F2N3O/c1-7-9(4-5-15)12(18)17(16-7)8-2-3-10(13)11(14)6-8/h2-3,6,9H,4H2,1H3. The zero-order valence-corrected chi connectivity index (χ0v) is 9.52. The molecule has 1 heterocycles. The fraction of sp³-hybridized carbons (Fsp3) is 0.250. The van der Waals surface area contributed by atoms with E-state index in [0.29, 0.717) is 5.71 Å². The van der Waals surface area contributed by atoms with Crippen LogP contribution in [-0.4, -0.2) is 11.6 Å². The van der Waals surface area contributed by atoms with E-state index in [9.17, 15) is 13.6 Å². The fourth-order valence-corrected chi connectivity index (χ4v) is 1.73. The van der Waals surface area contributed by atoms with Crippen molar-refractivity contribution in [1.82, 2.24) is 0 Å². The molecule has 0 fully saturated rings. The van der Waals surface area contributed by atoms with Gasteiger partial charge in [0.05, 0.1) is 24.1 Å². The molecular formula is C12H9F2N3O. The lowest BCUT2D eigenvalue weighted by Gasteiger charge is -2.13. The molecule has 1 aromatic carbocycles. The number of nitrogens with zero attached hydrogens (tertiary/aromatic N) is 3. The SMILES string of the molecule is CC1=NN(c2ccc(F)c(F)c2)C(=O)C1CC#N. The topological polar surface area (TPSA) is 56.5 Å². The number of rotatable bonds is 2. The Bertz CT molecular complexity index is 577. The molecule has 0 saturated heterocycles. The lowest BCUT2D eigenvalue weighted by molar-refractivity contribution is -0.119. The molecule has 6 heteroatoms. The van der Waals surface area contributed by atoms with Crippen molar-refractivity contribution < 1.29 is 13.6 Å². The minimum absolute atomic E-state index is 0.0222. The second-order valence-electron chi connectivity index (χ2n) is 3.90. The monoisotopic (exact) mass is 249 g/mol. The Balaban J connectivity index is 2.33. The van der Waals surface area contributed by atoms with E-state index in [2.05, 4.69) is 5.10 Å². The van der Waals surface area contributed by atoms with Gasteiger partial charge in [0.15, 0.2) is 11.6 Å². The quantitative estimate of drug-likeness (QED) is 0.806. The molecule has 1 amide bonds. The van der Waals surface area contributed by atoms with Crippen LogP contribution in [-0.2, 0) is 4.79 Å². The molecule has 4 nitrogen and oxygen atoms in total. The summed E-state index contributed by atoms with van der Waals surface area (Å²) >= 11 is 0. The molecule has 1 unspecified atom stereocenters. The normalized spacial score (nSPS) is 18.8. The Kier molecular flexibility index (Phi) is 3.06. The first-order valence-electron chi connectivity index (χ1n) is 5.25. The van der Waals surface area contributed by atoms with Crippen LogP contribution in [0.2, 0.25) is 0 Å². The molecule has 1 aliphatic heterocycles. The third kappa shape index (κ3) is 1.95. The molecular weight excluding hydrogens is 240 g/mol. The Morgan fingerprint density at radius 3 is 2.78 bits per heavy atom. The van der Waals surface area contributed by atoms with Crippen LogP contribution >= 0.6 is 0 Å². The summed E-state index contributed by atoms with van der Waals surface area (Å²) in [4.78, 5) is 11.9. The van der Waals surface area contributed by atoms with E-state index in [-0.39, 0.29) is 12.1 Å². The Labute approximate surface area is 102 Å². The van der Waals surface area contributed by atoms with Crippen molar-refractivity contribution in [2.75, 3.05) is 5.01 Å². The van der Waals surface area contributed by atoms with Crippen molar-refractivity contribution in [2.45, 2.75) is 13.3 Å². The third-order valence-corrected chi connectivity index (χ3v) is 2.71. The van der Waals surface area contributed by atoms with E-state index in [4.69, 9.17) is 5.26 Å². The van der Waals surface area contributed by atoms with Gasteiger partial charge in [-0.25, -0.2) is 13.8 Å². The number of hydrogen-bond acceptors (Lipinski definition) is 3. The highest BCUT2D eigenvalue weighted by Crippen LogP contribution is 2.26. The first-order valence-corrected chi connectivity index (χ1v) is 5.25. The lowest BCUT2D eigenvalue weighted by Crippen LogP contribution is -2.26. The largest absolute Gasteiger partial charge is 0.272 e. The predicted molar refractivity (Wildman–Crippen MR) is 60.7 cm³/mol. The van der Waals surface area contributed by atoms with Gasteiger partial charge < -0.3 is 0 Å². The van der Waals surface area contributed by atoms with Crippen molar-refractivity contribution >= 4 is 17.3 Å². The minimum atomic E-state index is -1.04. The number of carbonyl (C=O) groups excluding carboxylic acids is 1. The van der Waals surface area contributed by atoms with E-state index < -0.39 is 23.5 Å². The van der Waals surface area contributed by atoms with Crippen molar-refractivity contribution in [1.29, 1.82) is 5.26 Å². The third-order valence-electron chi connectivity index (χ3n) is 2.71. The van der Waals surface area contributed by atoms with Gasteiger partial charge in [0.2, 0.25) is 0 Å². The highest BCUT2D eigenvalue weighted by molar-refractivity contribution is 6.14. The number of hydrazone groups is 1. The highest BCUT2D eigenvalue weighted by Gasteiger charge is 2.34. The van der Waals surface area contributed by atoms with E-state index in [0.717, 1.165) is 17.1 Å². The minimum Gasteiger partial charge on any atom is -0.272 e. The zero-order valence-electron chi connectivity index (χ0n) is 9.52. The molecule has 0 radical (unpaired) electrons.